The summed E-state index contributed by atoms with van der Waals surface area (Å²) < 4.78 is 36.4. The molecule has 0 bridgehead atoms. The fraction of sp³-hybridized carbons (Fsp3) is 0.455. The van der Waals surface area contributed by atoms with E-state index in [2.05, 4.69) is 0 Å². The predicted octanol–water partition coefficient (Wildman–Crippen LogP) is 0.793. The van der Waals surface area contributed by atoms with Crippen molar-refractivity contribution in [3.63, 3.8) is 0 Å². The van der Waals surface area contributed by atoms with Gasteiger partial charge in [0.2, 0.25) is 0 Å². The highest BCUT2D eigenvalue weighted by molar-refractivity contribution is 7.85. The largest absolute Gasteiger partial charge is 0.394 e. The summed E-state index contributed by atoms with van der Waals surface area (Å²) in [6, 6.07) is 4.71. The van der Waals surface area contributed by atoms with Gasteiger partial charge in [-0.15, -0.1) is 0 Å². The molecule has 17 heavy (non-hydrogen) atoms. The number of hydrogen-bond donors (Lipinski definition) is 2. The molecule has 0 heterocycles. The minimum Gasteiger partial charge on any atom is -0.394 e. The minimum atomic E-state index is -4.20. The van der Waals surface area contributed by atoms with Gasteiger partial charge in [-0.2, -0.15) is 8.42 Å². The second kappa shape index (κ2) is 6.11. The summed E-state index contributed by atoms with van der Waals surface area (Å²) in [7, 11) is -4.20. The van der Waals surface area contributed by atoms with Crippen LogP contribution in [0.25, 0.3) is 0 Å². The van der Waals surface area contributed by atoms with Crippen molar-refractivity contribution < 1.29 is 22.8 Å². The molecule has 0 radical (unpaired) electrons. The first-order chi connectivity index (χ1) is 7.95. The molecule has 0 aliphatic carbocycles. The fourth-order valence-corrected chi connectivity index (χ4v) is 2.24. The van der Waals surface area contributed by atoms with Gasteiger partial charge in [0.05, 0.1) is 24.7 Å². The third-order valence-corrected chi connectivity index (χ3v) is 3.20. The molecule has 5 nitrogen and oxygen atoms in total. The van der Waals surface area contributed by atoms with Gasteiger partial charge >= 0.3 is 0 Å². The van der Waals surface area contributed by atoms with Gasteiger partial charge in [0.25, 0.3) is 10.1 Å². The molecule has 1 rings (SSSR count). The fourth-order valence-electron chi connectivity index (χ4n) is 1.50. The number of aliphatic hydroxyl groups excluding tert-OH is 1. The Bertz CT molecular complexity index is 467. The molecular weight excluding hydrogens is 244 g/mol. The third-order valence-electron chi connectivity index (χ3n) is 2.25. The Balaban J connectivity index is 2.85. The Hall–Kier alpha value is -0.950. The van der Waals surface area contributed by atoms with Crippen LogP contribution in [0.4, 0.5) is 0 Å². The summed E-state index contributed by atoms with van der Waals surface area (Å²) in [6.07, 6.45) is 0.372. The first kappa shape index (κ1) is 14.1. The first-order valence-corrected chi connectivity index (χ1v) is 6.65. The summed E-state index contributed by atoms with van der Waals surface area (Å²) in [5.74, 6) is 0. The highest BCUT2D eigenvalue weighted by Crippen LogP contribution is 2.17. The molecule has 96 valence electrons. The maximum Gasteiger partial charge on any atom is 0.294 e. The second-order valence-corrected chi connectivity index (χ2v) is 5.06. The third kappa shape index (κ3) is 4.43. The summed E-state index contributed by atoms with van der Waals surface area (Å²) in [6.45, 7) is 2.28. The SMILES string of the molecule is Cc1ccc(S(=O)(=O)O)c(CCOCCO)c1. The van der Waals surface area contributed by atoms with Crippen molar-refractivity contribution in [3.8, 4) is 0 Å². The molecule has 0 unspecified atom stereocenters. The van der Waals surface area contributed by atoms with Gasteiger partial charge in [0, 0.05) is 0 Å². The topological polar surface area (TPSA) is 83.8 Å². The normalized spacial score (nSPS) is 11.7. The highest BCUT2D eigenvalue weighted by atomic mass is 32.2. The lowest BCUT2D eigenvalue weighted by atomic mass is 10.1. The van der Waals surface area contributed by atoms with E-state index >= 15 is 0 Å². The predicted molar refractivity (Wildman–Crippen MR) is 62.6 cm³/mol. The molecule has 0 amide bonds. The molecule has 0 atom stereocenters. The number of rotatable bonds is 6. The van der Waals surface area contributed by atoms with Gasteiger partial charge in [0.1, 0.15) is 0 Å². The number of aliphatic hydroxyl groups is 1. The summed E-state index contributed by atoms with van der Waals surface area (Å²) in [4.78, 5) is -0.0873. The molecule has 2 N–H and O–H groups in total. The van der Waals surface area contributed by atoms with Crippen molar-refractivity contribution in [2.75, 3.05) is 19.8 Å². The first-order valence-electron chi connectivity index (χ1n) is 5.21. The molecule has 0 aliphatic rings. The Labute approximate surface area is 101 Å². The Morgan fingerprint density at radius 1 is 1.29 bits per heavy atom. The molecule has 0 saturated carbocycles. The summed E-state index contributed by atoms with van der Waals surface area (Å²) in [5, 5.41) is 8.53. The van der Waals surface area contributed by atoms with Crippen LogP contribution in [0.2, 0.25) is 0 Å². The van der Waals surface area contributed by atoms with Crippen molar-refractivity contribution in [2.24, 2.45) is 0 Å². The molecule has 1 aromatic carbocycles. The van der Waals surface area contributed by atoms with Crippen molar-refractivity contribution >= 4 is 10.1 Å². The molecule has 1 aromatic rings. The lowest BCUT2D eigenvalue weighted by molar-refractivity contribution is 0.0941. The number of hydrogen-bond acceptors (Lipinski definition) is 4. The van der Waals surface area contributed by atoms with Crippen LogP contribution in [0.15, 0.2) is 23.1 Å². The zero-order chi connectivity index (χ0) is 12.9. The van der Waals surface area contributed by atoms with Crippen LogP contribution in [0.3, 0.4) is 0 Å². The molecule has 0 aliphatic heterocycles. The van der Waals surface area contributed by atoms with E-state index in [4.69, 9.17) is 14.4 Å². The van der Waals surface area contributed by atoms with Gasteiger partial charge in [-0.05, 0) is 25.0 Å². The van der Waals surface area contributed by atoms with E-state index in [-0.39, 0.29) is 18.1 Å². The van der Waals surface area contributed by atoms with Crippen LogP contribution < -0.4 is 0 Å². The lowest BCUT2D eigenvalue weighted by Gasteiger charge is -2.08. The number of benzene rings is 1. The molecule has 6 heteroatoms. The van der Waals surface area contributed by atoms with Crippen LogP contribution in [0.1, 0.15) is 11.1 Å². The van der Waals surface area contributed by atoms with Gasteiger partial charge in [-0.25, -0.2) is 0 Å². The highest BCUT2D eigenvalue weighted by Gasteiger charge is 2.14. The van der Waals surface area contributed by atoms with E-state index in [1.807, 2.05) is 6.92 Å². The van der Waals surface area contributed by atoms with E-state index in [9.17, 15) is 8.42 Å². The minimum absolute atomic E-state index is 0.0705. The average Bonchev–Trinajstić information content (AvgIpc) is 2.23. The monoisotopic (exact) mass is 260 g/mol. The van der Waals surface area contributed by atoms with Crippen LogP contribution in [-0.4, -0.2) is 37.9 Å². The number of ether oxygens (including phenoxy) is 1. The van der Waals surface area contributed by atoms with Crippen LogP contribution in [0, 0.1) is 6.92 Å². The van der Waals surface area contributed by atoms with E-state index in [0.717, 1.165) is 5.56 Å². The van der Waals surface area contributed by atoms with Gasteiger partial charge in [0.15, 0.2) is 0 Å². The van der Waals surface area contributed by atoms with Crippen LogP contribution >= 0.6 is 0 Å². The van der Waals surface area contributed by atoms with E-state index in [1.54, 1.807) is 12.1 Å². The maximum absolute atomic E-state index is 11.1. The van der Waals surface area contributed by atoms with Crippen molar-refractivity contribution in [1.82, 2.24) is 0 Å². The van der Waals surface area contributed by atoms with E-state index < -0.39 is 10.1 Å². The lowest BCUT2D eigenvalue weighted by Crippen LogP contribution is -2.08. The second-order valence-electron chi connectivity index (χ2n) is 3.67. The van der Waals surface area contributed by atoms with Gasteiger partial charge < -0.3 is 9.84 Å². The zero-order valence-corrected chi connectivity index (χ0v) is 10.4. The standard InChI is InChI=1S/C11H16O5S/c1-9-2-3-11(17(13,14)15)10(8-9)4-6-16-7-5-12/h2-3,8,12H,4-7H2,1H3,(H,13,14,15). The molecule has 0 spiro atoms. The Morgan fingerprint density at radius 2 is 2.00 bits per heavy atom. The summed E-state index contributed by atoms with van der Waals surface area (Å²) in [5.41, 5.74) is 1.43. The van der Waals surface area contributed by atoms with Crippen molar-refractivity contribution in [2.45, 2.75) is 18.2 Å². The van der Waals surface area contributed by atoms with Crippen molar-refractivity contribution in [3.05, 3.63) is 29.3 Å². The molecule has 0 aromatic heterocycles. The Kier molecular flexibility index (Phi) is 5.07. The summed E-state index contributed by atoms with van der Waals surface area (Å²) >= 11 is 0. The van der Waals surface area contributed by atoms with Gasteiger partial charge in [-0.3, -0.25) is 4.55 Å². The van der Waals surface area contributed by atoms with E-state index in [0.29, 0.717) is 18.6 Å². The van der Waals surface area contributed by atoms with Crippen molar-refractivity contribution in [1.29, 1.82) is 0 Å². The zero-order valence-electron chi connectivity index (χ0n) is 9.59. The Morgan fingerprint density at radius 3 is 2.59 bits per heavy atom. The average molecular weight is 260 g/mol. The molecule has 0 fully saturated rings. The number of aryl methyl sites for hydroxylation is 1. The molecule has 0 saturated heterocycles. The van der Waals surface area contributed by atoms with Gasteiger partial charge in [-0.1, -0.05) is 17.7 Å². The van der Waals surface area contributed by atoms with Crippen LogP contribution in [-0.2, 0) is 21.3 Å². The molecular formula is C11H16O5S. The van der Waals surface area contributed by atoms with Crippen LogP contribution in [0.5, 0.6) is 0 Å². The van der Waals surface area contributed by atoms with E-state index in [1.165, 1.54) is 6.07 Å². The maximum atomic E-state index is 11.1. The smallest absolute Gasteiger partial charge is 0.294 e. The quantitative estimate of drug-likeness (QED) is 0.583.